The molecule has 4 saturated carbocycles. The van der Waals surface area contributed by atoms with Crippen LogP contribution >= 0.6 is 15.9 Å². The van der Waals surface area contributed by atoms with Crippen molar-refractivity contribution in [1.82, 2.24) is 5.32 Å². The van der Waals surface area contributed by atoms with Crippen LogP contribution in [0, 0.1) is 24.7 Å². The van der Waals surface area contributed by atoms with Gasteiger partial charge in [0, 0.05) is 0 Å². The van der Waals surface area contributed by atoms with Gasteiger partial charge in [0.25, 0.3) is 11.8 Å². The number of nitrogens with zero attached hydrogens (tertiary/aromatic N) is 1. The van der Waals surface area contributed by atoms with Crippen LogP contribution in [0.2, 0.25) is 0 Å². The van der Waals surface area contributed by atoms with Crippen LogP contribution in [-0.2, 0) is 21.6 Å². The fraction of sp³-hybridized carbons (Fsp3) is 0.361. The van der Waals surface area contributed by atoms with Crippen LogP contribution in [0.4, 0.5) is 10.5 Å². The van der Waals surface area contributed by atoms with Gasteiger partial charge in [-0.2, -0.15) is 0 Å². The van der Waals surface area contributed by atoms with Crippen molar-refractivity contribution in [3.05, 3.63) is 93.0 Å². The fourth-order valence-corrected chi connectivity index (χ4v) is 8.86. The molecule has 5 fully saturated rings. The molecule has 4 amide bonds. The topological polar surface area (TPSA) is 84.9 Å². The number of nitrogens with one attached hydrogen (secondary N) is 1. The van der Waals surface area contributed by atoms with E-state index in [-0.39, 0.29) is 11.0 Å². The van der Waals surface area contributed by atoms with Crippen LogP contribution < -0.4 is 19.7 Å². The summed E-state index contributed by atoms with van der Waals surface area (Å²) < 4.78 is 12.2. The van der Waals surface area contributed by atoms with Gasteiger partial charge in [0.2, 0.25) is 0 Å². The number of ether oxygens (including phenoxy) is 2. The van der Waals surface area contributed by atoms with E-state index in [1.807, 2.05) is 43.3 Å². The number of barbiturate groups is 1. The highest BCUT2D eigenvalue weighted by Crippen LogP contribution is 2.60. The van der Waals surface area contributed by atoms with Crippen LogP contribution in [0.1, 0.15) is 60.8 Å². The molecule has 1 aliphatic heterocycles. The minimum absolute atomic E-state index is 0.142. The Morgan fingerprint density at radius 1 is 0.932 bits per heavy atom. The second-order valence-corrected chi connectivity index (χ2v) is 13.9. The maximum Gasteiger partial charge on any atom is 0.335 e. The zero-order chi connectivity index (χ0) is 30.6. The van der Waals surface area contributed by atoms with E-state index in [9.17, 15) is 14.4 Å². The number of carbonyl (C=O) groups excluding carboxylic acids is 3. The molecule has 7 nitrogen and oxygen atoms in total. The van der Waals surface area contributed by atoms with Gasteiger partial charge in [-0.1, -0.05) is 42.0 Å². The highest BCUT2D eigenvalue weighted by Gasteiger charge is 2.51. The zero-order valence-electron chi connectivity index (χ0n) is 24.9. The average Bonchev–Trinajstić information content (AvgIpc) is 2.99. The number of amides is 4. The second-order valence-electron chi connectivity index (χ2n) is 13.0. The summed E-state index contributed by atoms with van der Waals surface area (Å²) in [6.07, 6.45) is 9.28. The minimum atomic E-state index is -0.752. The number of methoxy groups -OCH3 is 1. The maximum atomic E-state index is 13.7. The first-order valence-corrected chi connectivity index (χ1v) is 16.1. The minimum Gasteiger partial charge on any atom is -0.493 e. The number of urea groups is 1. The number of anilines is 1. The molecule has 3 aromatic rings. The quantitative estimate of drug-likeness (QED) is 0.211. The monoisotopic (exact) mass is 654 g/mol. The number of hydrogen-bond donors (Lipinski definition) is 1. The van der Waals surface area contributed by atoms with Crippen molar-refractivity contribution in [1.29, 1.82) is 0 Å². The van der Waals surface area contributed by atoms with Gasteiger partial charge < -0.3 is 9.47 Å². The summed E-state index contributed by atoms with van der Waals surface area (Å²) in [7, 11) is 1.53. The molecule has 226 valence electrons. The molecule has 0 aromatic heterocycles. The number of hydrogen-bond acceptors (Lipinski definition) is 5. The molecule has 0 atom stereocenters. The summed E-state index contributed by atoms with van der Waals surface area (Å²) >= 11 is 3.56. The largest absolute Gasteiger partial charge is 0.493 e. The summed E-state index contributed by atoms with van der Waals surface area (Å²) in [6.45, 7) is 2.37. The van der Waals surface area contributed by atoms with Crippen LogP contribution in [0.5, 0.6) is 11.5 Å². The molecular weight excluding hydrogens is 620 g/mol. The van der Waals surface area contributed by atoms with Crippen molar-refractivity contribution in [3.63, 3.8) is 0 Å². The van der Waals surface area contributed by atoms with Crippen molar-refractivity contribution < 1.29 is 23.9 Å². The zero-order valence-corrected chi connectivity index (χ0v) is 26.5. The molecule has 4 bridgehead atoms. The maximum absolute atomic E-state index is 13.7. The third-order valence-corrected chi connectivity index (χ3v) is 10.5. The van der Waals surface area contributed by atoms with Gasteiger partial charge in [-0.05, 0) is 132 Å². The molecule has 1 heterocycles. The number of benzene rings is 3. The molecule has 8 rings (SSSR count). The summed E-state index contributed by atoms with van der Waals surface area (Å²) in [5.74, 6) is 2.00. The van der Waals surface area contributed by atoms with Gasteiger partial charge in [0.05, 0.1) is 17.3 Å². The number of carbonyl (C=O) groups is 3. The Morgan fingerprint density at radius 2 is 1.57 bits per heavy atom. The van der Waals surface area contributed by atoms with Crippen LogP contribution in [0.3, 0.4) is 0 Å². The predicted molar refractivity (Wildman–Crippen MR) is 171 cm³/mol. The molecule has 0 unspecified atom stereocenters. The molecule has 44 heavy (non-hydrogen) atoms. The van der Waals surface area contributed by atoms with Gasteiger partial charge in [0.1, 0.15) is 12.2 Å². The van der Waals surface area contributed by atoms with Crippen LogP contribution in [0.25, 0.3) is 6.08 Å². The molecule has 4 aliphatic carbocycles. The Bertz CT molecular complexity index is 1640. The van der Waals surface area contributed by atoms with E-state index in [4.69, 9.17) is 9.47 Å². The number of rotatable bonds is 7. The number of halogens is 1. The van der Waals surface area contributed by atoms with E-state index in [2.05, 4.69) is 33.4 Å². The molecular formula is C36H35BrN2O5. The number of imide groups is 2. The Kier molecular flexibility index (Phi) is 7.35. The van der Waals surface area contributed by atoms with Crippen molar-refractivity contribution in [2.24, 2.45) is 17.8 Å². The normalized spacial score (nSPS) is 26.7. The smallest absolute Gasteiger partial charge is 0.335 e. The summed E-state index contributed by atoms with van der Waals surface area (Å²) in [5.41, 5.74) is 4.54. The molecule has 5 aliphatic rings. The Morgan fingerprint density at radius 3 is 2.18 bits per heavy atom. The summed E-state index contributed by atoms with van der Waals surface area (Å²) in [4.78, 5) is 40.5. The van der Waals surface area contributed by atoms with Crippen molar-refractivity contribution in [3.8, 4) is 11.5 Å². The lowest BCUT2D eigenvalue weighted by Gasteiger charge is -2.57. The molecule has 0 radical (unpaired) electrons. The van der Waals surface area contributed by atoms with Gasteiger partial charge in [-0.25, -0.2) is 9.69 Å². The van der Waals surface area contributed by atoms with E-state index in [0.29, 0.717) is 33.8 Å². The van der Waals surface area contributed by atoms with E-state index in [1.165, 1.54) is 62.8 Å². The molecule has 3 aromatic carbocycles. The Labute approximate surface area is 265 Å². The first kappa shape index (κ1) is 28.8. The highest BCUT2D eigenvalue weighted by atomic mass is 79.9. The fourth-order valence-electron chi connectivity index (χ4n) is 8.29. The van der Waals surface area contributed by atoms with E-state index < -0.39 is 17.8 Å². The predicted octanol–water partition coefficient (Wildman–Crippen LogP) is 7.48. The number of aryl methyl sites for hydroxylation is 1. The first-order chi connectivity index (χ1) is 21.2. The van der Waals surface area contributed by atoms with Crippen molar-refractivity contribution in [2.45, 2.75) is 57.5 Å². The van der Waals surface area contributed by atoms with Gasteiger partial charge >= 0.3 is 6.03 Å². The van der Waals surface area contributed by atoms with E-state index in [1.54, 1.807) is 12.1 Å². The van der Waals surface area contributed by atoms with Gasteiger partial charge in [-0.15, -0.1) is 0 Å². The SMILES string of the molecule is COc1cc(/C=C2\C(=O)NC(=O)N(c3ccc(C45CC6CC(CC(C6)C4)C5)cc3)C2=O)cc(Br)c1OCc1ccc(C)cc1. The second kappa shape index (κ2) is 11.2. The standard InChI is InChI=1S/C36H35BrN2O5/c1-21-3-5-22(6-4-21)20-44-32-30(37)15-23(16-31(32)43-2)14-29-33(40)38-35(42)39(34(29)41)28-9-7-27(8-10-28)36-17-24-11-25(18-36)13-26(12-24)19-36/h3-10,14-16,24-26H,11-13,17-20H2,1-2H3,(H,38,40,42)/b29-14+. The third kappa shape index (κ3) is 5.23. The lowest BCUT2D eigenvalue weighted by molar-refractivity contribution is -0.122. The van der Waals surface area contributed by atoms with E-state index >= 15 is 0 Å². The van der Waals surface area contributed by atoms with Crippen molar-refractivity contribution in [2.75, 3.05) is 12.0 Å². The summed E-state index contributed by atoms with van der Waals surface area (Å²) in [5, 5.41) is 2.34. The van der Waals surface area contributed by atoms with Gasteiger partial charge in [-0.3, -0.25) is 14.9 Å². The molecule has 1 saturated heterocycles. The average molecular weight is 656 g/mol. The third-order valence-electron chi connectivity index (χ3n) is 9.94. The lowest BCUT2D eigenvalue weighted by atomic mass is 9.48. The molecule has 0 spiro atoms. The lowest BCUT2D eigenvalue weighted by Crippen LogP contribution is -2.54. The summed E-state index contributed by atoms with van der Waals surface area (Å²) in [6, 6.07) is 18.6. The van der Waals surface area contributed by atoms with Gasteiger partial charge in [0.15, 0.2) is 11.5 Å². The Balaban J connectivity index is 1.13. The van der Waals surface area contributed by atoms with Crippen LogP contribution in [-0.4, -0.2) is 25.0 Å². The van der Waals surface area contributed by atoms with Crippen molar-refractivity contribution >= 4 is 45.5 Å². The first-order valence-electron chi connectivity index (χ1n) is 15.3. The Hall–Kier alpha value is -3.91. The highest BCUT2D eigenvalue weighted by molar-refractivity contribution is 9.10. The molecule has 1 N–H and O–H groups in total. The van der Waals surface area contributed by atoms with E-state index in [0.717, 1.165) is 28.2 Å². The molecule has 8 heteroatoms. The van der Waals surface area contributed by atoms with Crippen LogP contribution in [0.15, 0.2) is 70.7 Å².